The molecule has 32 heteroatoms. The first-order valence-electron chi connectivity index (χ1n) is 44.0. The Kier molecular flexibility index (Phi) is 37.2. The van der Waals surface area contributed by atoms with Gasteiger partial charge in [-0.15, -0.1) is 0 Å². The number of fused-ring (bicyclic) bond motifs is 12. The summed E-state index contributed by atoms with van der Waals surface area (Å²) in [5, 5.41) is 16.9. The molecule has 7 aliphatic rings. The lowest BCUT2D eigenvalue weighted by Crippen LogP contribution is -2.51. The molecule has 13 aromatic rings. The van der Waals surface area contributed by atoms with Gasteiger partial charge < -0.3 is 63.3 Å². The van der Waals surface area contributed by atoms with Crippen LogP contribution in [0.2, 0.25) is 15.2 Å². The molecule has 1 amide bonds. The second-order valence-corrected chi connectivity index (χ2v) is 33.5. The summed E-state index contributed by atoms with van der Waals surface area (Å²) in [6, 6.07) is 68.2. The van der Waals surface area contributed by atoms with Crippen molar-refractivity contribution in [2.75, 3.05) is 83.6 Å². The number of benzene rings is 7. The van der Waals surface area contributed by atoms with Gasteiger partial charge >= 0.3 is 30.0 Å². The number of hydrogen-bond acceptors (Lipinski definition) is 23. The van der Waals surface area contributed by atoms with Crippen LogP contribution in [0.15, 0.2) is 256 Å². The third-order valence-electron chi connectivity index (χ3n) is 24.0. The van der Waals surface area contributed by atoms with Crippen molar-refractivity contribution in [1.82, 2.24) is 45.4 Å². The van der Waals surface area contributed by atoms with Crippen molar-refractivity contribution in [3.05, 3.63) is 338 Å². The molecule has 9 heterocycles. The SMILES string of the molecule is COC(=O)c1ncccc1-c1cccc(OC)c1.COC(=O)c1ncccc1Cl.COc1ccc2c(c1)-c1cccnc1C2=O.COc1ccc2c(c1)C1CCCN[C@H]1C2.COc1ccc2c(c1)[C@H]1CCCN(C(=O)C(F)(F)F)[C@H]1C2.COc1ccc2c(c1)[C@H]1CCCN[C@H]1C2.COc1cccc(-c2cccnc2C(=O)Cl)c1.COc1cccc(-c2cccnc2C(=O)O)c1.Clc1cccnc1Cl. The van der Waals surface area contributed by atoms with Crippen LogP contribution in [0, 0.1) is 0 Å². The Labute approximate surface area is 817 Å². The number of pyridine rings is 6. The van der Waals surface area contributed by atoms with Gasteiger partial charge in [-0.05, 0) is 289 Å². The van der Waals surface area contributed by atoms with Crippen molar-refractivity contribution in [2.24, 2.45) is 0 Å². The van der Waals surface area contributed by atoms with Crippen molar-refractivity contribution in [3.8, 4) is 84.8 Å². The van der Waals surface area contributed by atoms with Gasteiger partial charge in [0.2, 0.25) is 5.78 Å². The van der Waals surface area contributed by atoms with E-state index in [9.17, 15) is 41.9 Å². The summed E-state index contributed by atoms with van der Waals surface area (Å²) in [4.78, 5) is 92.9. The molecule has 0 spiro atoms. The lowest BCUT2D eigenvalue weighted by Gasteiger charge is -2.38. The highest BCUT2D eigenvalue weighted by Crippen LogP contribution is 2.47. The van der Waals surface area contributed by atoms with Crippen LogP contribution in [-0.4, -0.2) is 183 Å². The number of carboxylic acids is 1. The van der Waals surface area contributed by atoms with E-state index in [0.717, 1.165) is 96.4 Å². The Bertz CT molecular complexity index is 6250. The van der Waals surface area contributed by atoms with E-state index >= 15 is 0 Å². The van der Waals surface area contributed by atoms with Gasteiger partial charge in [-0.3, -0.25) is 24.4 Å². The van der Waals surface area contributed by atoms with Gasteiger partial charge in [-0.1, -0.05) is 114 Å². The average molecular weight is 1960 g/mol. The van der Waals surface area contributed by atoms with Gasteiger partial charge in [0.25, 0.3) is 5.24 Å². The number of nitrogens with one attached hydrogen (secondary N) is 2. The summed E-state index contributed by atoms with van der Waals surface area (Å²) in [7, 11) is 14.1. The van der Waals surface area contributed by atoms with Crippen molar-refractivity contribution in [1.29, 1.82) is 0 Å². The van der Waals surface area contributed by atoms with Crippen LogP contribution in [0.4, 0.5) is 13.2 Å². The first-order valence-corrected chi connectivity index (χ1v) is 45.5. The maximum atomic E-state index is 12.7. The number of carbonyl (C=O) groups is 6. The van der Waals surface area contributed by atoms with Crippen LogP contribution >= 0.6 is 46.4 Å². The number of hydrogen-bond donors (Lipinski definition) is 3. The molecule has 3 N–H and O–H groups in total. The maximum Gasteiger partial charge on any atom is 0.471 e. The number of ketones is 1. The summed E-state index contributed by atoms with van der Waals surface area (Å²) in [5.41, 5.74) is 16.4. The molecule has 3 fully saturated rings. The van der Waals surface area contributed by atoms with Gasteiger partial charge in [0.1, 0.15) is 56.8 Å². The fourth-order valence-electron chi connectivity index (χ4n) is 17.4. The molecule has 7 aromatic carbocycles. The molecule has 0 radical (unpaired) electrons. The van der Waals surface area contributed by atoms with Crippen LogP contribution in [0.25, 0.3) is 44.5 Å². The number of esters is 2. The summed E-state index contributed by atoms with van der Waals surface area (Å²) in [6.07, 6.45) is 14.1. The number of ether oxygens (including phenoxy) is 9. The second-order valence-electron chi connectivity index (χ2n) is 31.9. The normalized spacial score (nSPS) is 16.3. The van der Waals surface area contributed by atoms with E-state index in [4.69, 9.17) is 89.4 Å². The van der Waals surface area contributed by atoms with E-state index in [1.165, 1.54) is 100 Å². The van der Waals surface area contributed by atoms with Crippen LogP contribution in [0.5, 0.6) is 40.2 Å². The number of likely N-dealkylation sites (tertiary alicyclic amines) is 1. The number of aromatic nitrogens is 6. The van der Waals surface area contributed by atoms with E-state index in [1.54, 1.807) is 153 Å². The quantitative estimate of drug-likeness (QED) is 0.0517. The molecule has 3 saturated heterocycles. The zero-order valence-electron chi connectivity index (χ0n) is 77.0. The second kappa shape index (κ2) is 49.8. The Morgan fingerprint density at radius 1 is 0.391 bits per heavy atom. The van der Waals surface area contributed by atoms with E-state index in [2.05, 4.69) is 81.7 Å². The molecule has 25 nitrogen and oxygen atoms in total. The number of rotatable bonds is 14. The minimum atomic E-state index is -4.80. The highest BCUT2D eigenvalue weighted by atomic mass is 35.5. The maximum absolute atomic E-state index is 12.7. The number of piperidine rings is 3. The van der Waals surface area contributed by atoms with Gasteiger partial charge in [-0.25, -0.2) is 34.3 Å². The molecule has 3 aliphatic heterocycles. The predicted molar refractivity (Wildman–Crippen MR) is 523 cm³/mol. The van der Waals surface area contributed by atoms with Crippen LogP contribution in [0.1, 0.15) is 148 Å². The number of nitrogens with zero attached hydrogens (tertiary/aromatic N) is 7. The molecule has 0 saturated carbocycles. The van der Waals surface area contributed by atoms with E-state index < -0.39 is 35.2 Å². The molecule has 6 aromatic heterocycles. The fourth-order valence-corrected chi connectivity index (χ4v) is 18.0. The number of carbonyl (C=O) groups excluding carboxylic acids is 5. The topological polar surface area (TPSA) is 310 Å². The van der Waals surface area contributed by atoms with E-state index in [0.29, 0.717) is 79.7 Å². The number of carboxylic acid groups (broad SMARTS) is 1. The number of methoxy groups -OCH3 is 9. The molecule has 716 valence electrons. The van der Waals surface area contributed by atoms with Crippen molar-refractivity contribution in [2.45, 2.75) is 99.8 Å². The third-order valence-corrected chi connectivity index (χ3v) is 25.2. The summed E-state index contributed by atoms with van der Waals surface area (Å²) < 4.78 is 83.7. The Balaban J connectivity index is 0.000000140. The standard InChI is InChI=1S/C15H16F3NO2.C14H13NO3.C13H10ClNO2.C13H11NO3.C13H9NO2.2C13H17NO.C7H6ClNO2.C5H3Cl2N/c1-21-10-5-4-9-7-13-11(12(9)8-10)3-2-6-19(13)14(20)15(16,17)18;1-17-11-6-3-5-10(9-11)12-7-4-8-15-13(12)14(16)18-2;1-17-10-5-2-4-9(8-10)11-6-3-7-15-12(11)13(14)16;1-17-10-5-2-4-9(8-10)11-6-3-7-14-12(11)13(15)16;1-16-8-4-5-10-11(7-8)9-3-2-6-14-12(9)13(10)15;2*1-15-10-5-4-9-7-13-11(12(9)8-10)3-2-6-14-13;1-11-7(10)6-5(8)3-2-4-9-6;6-4-2-1-3-8-5(4)7/h4-5,8,11,13H,2-3,6-7H2,1H3;3-9H,1-2H3;2-8H,1H3;2-8H,1H3,(H,15,16);2-7H,1H3;2*4-5,8,11,13-14H,2-3,6-7H2,1H3;2-4H,1H3;1-3H/t11-,13+;;;;;11?,13-;11-,13+;;/m1....01../s1. The first-order chi connectivity index (χ1) is 66.7. The number of halogens is 7. The van der Waals surface area contributed by atoms with Crippen LogP contribution in [0.3, 0.4) is 0 Å². The summed E-state index contributed by atoms with van der Waals surface area (Å²) in [6.45, 7) is 2.56. The molecule has 4 aliphatic carbocycles. The summed E-state index contributed by atoms with van der Waals surface area (Å²) in [5.74, 6) is 3.30. The smallest absolute Gasteiger partial charge is 0.471 e. The van der Waals surface area contributed by atoms with Crippen molar-refractivity contribution < 1.29 is 89.7 Å². The molecule has 138 heavy (non-hydrogen) atoms. The highest BCUT2D eigenvalue weighted by molar-refractivity contribution is 6.68. The van der Waals surface area contributed by atoms with Gasteiger partial charge in [0, 0.05) is 95.6 Å². The fraction of sp³-hybridized carbons (Fsp3) is 0.264. The van der Waals surface area contributed by atoms with Crippen molar-refractivity contribution in [3.63, 3.8) is 0 Å². The van der Waals surface area contributed by atoms with Crippen LogP contribution in [-0.2, 0) is 33.5 Å². The first kappa shape index (κ1) is 103. The van der Waals surface area contributed by atoms with Crippen molar-refractivity contribution >= 4 is 81.2 Å². The van der Waals surface area contributed by atoms with E-state index in [-0.39, 0.29) is 41.4 Å². The third kappa shape index (κ3) is 26.1. The molecular formula is C106H102Cl4F3N9O16. The molecule has 1 unspecified atom stereocenters. The van der Waals surface area contributed by atoms with Gasteiger partial charge in [0.05, 0.1) is 74.0 Å². The molecule has 20 rings (SSSR count). The largest absolute Gasteiger partial charge is 0.497 e. The van der Waals surface area contributed by atoms with Crippen LogP contribution < -0.4 is 43.8 Å². The number of aromatic carboxylic acids is 1. The van der Waals surface area contributed by atoms with Gasteiger partial charge in [-0.2, -0.15) is 13.2 Å². The number of alkyl halides is 3. The Hall–Kier alpha value is -13.9. The summed E-state index contributed by atoms with van der Waals surface area (Å²) >= 11 is 22.1. The molecular weight excluding hydrogens is 1850 g/mol. The minimum absolute atomic E-state index is 0.00625. The van der Waals surface area contributed by atoms with E-state index in [1.807, 2.05) is 103 Å². The molecule has 6 atom stereocenters. The zero-order chi connectivity index (χ0) is 98.5. The monoisotopic (exact) mass is 1950 g/mol. The lowest BCUT2D eigenvalue weighted by molar-refractivity contribution is -0.189. The molecule has 0 bridgehead atoms. The number of amides is 1. The zero-order valence-corrected chi connectivity index (χ0v) is 80.1. The lowest BCUT2D eigenvalue weighted by atomic mass is 9.88. The Morgan fingerprint density at radius 3 is 1.22 bits per heavy atom. The Morgan fingerprint density at radius 2 is 0.775 bits per heavy atom. The highest BCUT2D eigenvalue weighted by Gasteiger charge is 2.50. The predicted octanol–water partition coefficient (Wildman–Crippen LogP) is 21.4. The average Bonchev–Trinajstić information content (AvgIpc) is 1.63. The minimum Gasteiger partial charge on any atom is -0.497 e. The van der Waals surface area contributed by atoms with Gasteiger partial charge in [0.15, 0.2) is 17.1 Å².